The number of benzene rings is 1. The van der Waals surface area contributed by atoms with Crippen LogP contribution in [0.3, 0.4) is 0 Å². The summed E-state index contributed by atoms with van der Waals surface area (Å²) in [6.07, 6.45) is -0.517. The molecular weight excluding hydrogens is 341 g/mol. The summed E-state index contributed by atoms with van der Waals surface area (Å²) >= 11 is 12.1. The number of amides is 1. The van der Waals surface area contributed by atoms with Crippen LogP contribution in [-0.2, 0) is 9.53 Å². The second-order valence-electron chi connectivity index (χ2n) is 6.60. The SMILES string of the molecule is CC(C)(C)OC(=O)N1C[C@H](C(=O)O)[C@@H](c2ccc(Cl)cc2Cl)C1. The van der Waals surface area contributed by atoms with Gasteiger partial charge in [-0.15, -0.1) is 0 Å². The van der Waals surface area contributed by atoms with Gasteiger partial charge in [-0.25, -0.2) is 4.79 Å². The van der Waals surface area contributed by atoms with E-state index in [9.17, 15) is 14.7 Å². The maximum absolute atomic E-state index is 12.2. The first-order valence-electron chi connectivity index (χ1n) is 7.24. The molecule has 1 N–H and O–H groups in total. The number of carboxylic acid groups (broad SMARTS) is 1. The fraction of sp³-hybridized carbons (Fsp3) is 0.500. The number of rotatable bonds is 2. The maximum Gasteiger partial charge on any atom is 0.410 e. The molecular formula is C16H19Cl2NO4. The first kappa shape index (κ1) is 17.9. The van der Waals surface area contributed by atoms with Gasteiger partial charge in [0, 0.05) is 29.1 Å². The highest BCUT2D eigenvalue weighted by atomic mass is 35.5. The number of aliphatic carboxylic acids is 1. The summed E-state index contributed by atoms with van der Waals surface area (Å²) in [5.74, 6) is -2.10. The van der Waals surface area contributed by atoms with Crippen molar-refractivity contribution in [3.05, 3.63) is 33.8 Å². The monoisotopic (exact) mass is 359 g/mol. The molecule has 0 aliphatic carbocycles. The smallest absolute Gasteiger partial charge is 0.410 e. The van der Waals surface area contributed by atoms with E-state index in [4.69, 9.17) is 27.9 Å². The number of carbonyl (C=O) groups is 2. The Morgan fingerprint density at radius 2 is 1.91 bits per heavy atom. The number of nitrogens with zero attached hydrogens (tertiary/aromatic N) is 1. The van der Waals surface area contributed by atoms with Crippen LogP contribution in [0.2, 0.25) is 10.0 Å². The average molecular weight is 360 g/mol. The van der Waals surface area contributed by atoms with Gasteiger partial charge < -0.3 is 14.7 Å². The first-order chi connectivity index (χ1) is 10.6. The molecule has 5 nitrogen and oxygen atoms in total. The molecule has 1 heterocycles. The number of carbonyl (C=O) groups excluding carboxylic acids is 1. The zero-order chi connectivity index (χ0) is 17.4. The van der Waals surface area contributed by atoms with Crippen molar-refractivity contribution in [2.24, 2.45) is 5.92 Å². The molecule has 1 aliphatic heterocycles. The zero-order valence-electron chi connectivity index (χ0n) is 13.2. The van der Waals surface area contributed by atoms with Gasteiger partial charge in [0.1, 0.15) is 5.60 Å². The third kappa shape index (κ3) is 4.30. The molecule has 1 amide bonds. The van der Waals surface area contributed by atoms with Crippen molar-refractivity contribution in [3.63, 3.8) is 0 Å². The fourth-order valence-corrected chi connectivity index (χ4v) is 3.20. The largest absolute Gasteiger partial charge is 0.481 e. The van der Waals surface area contributed by atoms with Crippen molar-refractivity contribution in [1.82, 2.24) is 4.90 Å². The summed E-state index contributed by atoms with van der Waals surface area (Å²) < 4.78 is 5.32. The molecule has 0 radical (unpaired) electrons. The highest BCUT2D eigenvalue weighted by Crippen LogP contribution is 2.38. The summed E-state index contributed by atoms with van der Waals surface area (Å²) in [5.41, 5.74) is 0.0424. The summed E-state index contributed by atoms with van der Waals surface area (Å²) in [6.45, 7) is 5.64. The van der Waals surface area contributed by atoms with E-state index in [1.807, 2.05) is 0 Å². The predicted octanol–water partition coefficient (Wildman–Crippen LogP) is 4.03. The number of ether oxygens (including phenoxy) is 1. The minimum atomic E-state index is -0.966. The van der Waals surface area contributed by atoms with Crippen molar-refractivity contribution in [2.45, 2.75) is 32.3 Å². The van der Waals surface area contributed by atoms with Crippen molar-refractivity contribution < 1.29 is 19.4 Å². The summed E-state index contributed by atoms with van der Waals surface area (Å²) in [7, 11) is 0. The van der Waals surface area contributed by atoms with Crippen LogP contribution < -0.4 is 0 Å². The van der Waals surface area contributed by atoms with Gasteiger partial charge >= 0.3 is 12.1 Å². The molecule has 0 unspecified atom stereocenters. The Kier molecular flexibility index (Phi) is 5.11. The Bertz CT molecular complexity index is 627. The van der Waals surface area contributed by atoms with Crippen LogP contribution in [0, 0.1) is 5.92 Å². The molecule has 0 spiro atoms. The van der Waals surface area contributed by atoms with Crippen LogP contribution in [-0.4, -0.2) is 40.8 Å². The Labute approximate surface area is 145 Å². The predicted molar refractivity (Wildman–Crippen MR) is 88.1 cm³/mol. The van der Waals surface area contributed by atoms with E-state index in [1.165, 1.54) is 4.90 Å². The van der Waals surface area contributed by atoms with Crippen LogP contribution >= 0.6 is 23.2 Å². The van der Waals surface area contributed by atoms with E-state index in [-0.39, 0.29) is 13.1 Å². The minimum Gasteiger partial charge on any atom is -0.481 e. The number of halogens is 2. The van der Waals surface area contributed by atoms with Gasteiger partial charge in [0.25, 0.3) is 0 Å². The Balaban J connectivity index is 2.25. The Morgan fingerprint density at radius 1 is 1.26 bits per heavy atom. The standard InChI is InChI=1S/C16H19Cl2NO4/c1-16(2,3)23-15(22)19-7-11(12(8-19)14(20)21)10-5-4-9(17)6-13(10)18/h4-6,11-12H,7-8H2,1-3H3,(H,20,21)/t11-,12+/m1/s1. The lowest BCUT2D eigenvalue weighted by molar-refractivity contribution is -0.141. The molecule has 2 atom stereocenters. The lowest BCUT2D eigenvalue weighted by atomic mass is 9.89. The van der Waals surface area contributed by atoms with Gasteiger partial charge in [-0.05, 0) is 38.5 Å². The lowest BCUT2D eigenvalue weighted by Crippen LogP contribution is -2.35. The highest BCUT2D eigenvalue weighted by Gasteiger charge is 2.42. The van der Waals surface area contributed by atoms with Crippen LogP contribution in [0.15, 0.2) is 18.2 Å². The van der Waals surface area contributed by atoms with Crippen molar-refractivity contribution in [3.8, 4) is 0 Å². The van der Waals surface area contributed by atoms with E-state index in [1.54, 1.807) is 39.0 Å². The minimum absolute atomic E-state index is 0.0911. The maximum atomic E-state index is 12.2. The average Bonchev–Trinajstić information content (AvgIpc) is 2.81. The van der Waals surface area contributed by atoms with Crippen LogP contribution in [0.25, 0.3) is 0 Å². The summed E-state index contributed by atoms with van der Waals surface area (Å²) in [5, 5.41) is 10.4. The molecule has 1 aromatic carbocycles. The third-order valence-electron chi connectivity index (χ3n) is 3.65. The van der Waals surface area contributed by atoms with Gasteiger partial charge in [0.05, 0.1) is 5.92 Å². The molecule has 23 heavy (non-hydrogen) atoms. The van der Waals surface area contributed by atoms with E-state index < -0.39 is 29.5 Å². The molecule has 7 heteroatoms. The van der Waals surface area contributed by atoms with Gasteiger partial charge in [-0.2, -0.15) is 0 Å². The fourth-order valence-electron chi connectivity index (χ4n) is 2.65. The quantitative estimate of drug-likeness (QED) is 0.865. The number of hydrogen-bond donors (Lipinski definition) is 1. The molecule has 1 saturated heterocycles. The zero-order valence-corrected chi connectivity index (χ0v) is 14.7. The normalized spacial score (nSPS) is 21.3. The van der Waals surface area contributed by atoms with Crippen molar-refractivity contribution in [1.29, 1.82) is 0 Å². The van der Waals surface area contributed by atoms with E-state index in [0.29, 0.717) is 15.6 Å². The molecule has 1 aromatic rings. The molecule has 1 fully saturated rings. The van der Waals surface area contributed by atoms with Crippen LogP contribution in [0.4, 0.5) is 4.79 Å². The van der Waals surface area contributed by atoms with Gasteiger partial charge in [-0.3, -0.25) is 4.79 Å². The van der Waals surface area contributed by atoms with Crippen molar-refractivity contribution in [2.75, 3.05) is 13.1 Å². The molecule has 0 bridgehead atoms. The molecule has 126 valence electrons. The van der Waals surface area contributed by atoms with Gasteiger partial charge in [-0.1, -0.05) is 29.3 Å². The third-order valence-corrected chi connectivity index (χ3v) is 4.21. The van der Waals surface area contributed by atoms with E-state index >= 15 is 0 Å². The topological polar surface area (TPSA) is 66.8 Å². The molecule has 0 saturated carbocycles. The molecule has 1 aliphatic rings. The Morgan fingerprint density at radius 3 is 2.43 bits per heavy atom. The number of carboxylic acids is 1. The second kappa shape index (κ2) is 6.57. The van der Waals surface area contributed by atoms with Gasteiger partial charge in [0.15, 0.2) is 0 Å². The van der Waals surface area contributed by atoms with Gasteiger partial charge in [0.2, 0.25) is 0 Å². The number of hydrogen-bond acceptors (Lipinski definition) is 3. The highest BCUT2D eigenvalue weighted by molar-refractivity contribution is 6.35. The van der Waals surface area contributed by atoms with Crippen molar-refractivity contribution >= 4 is 35.3 Å². The molecule has 2 rings (SSSR count). The number of likely N-dealkylation sites (tertiary alicyclic amines) is 1. The first-order valence-corrected chi connectivity index (χ1v) is 8.00. The Hall–Kier alpha value is -1.46. The van der Waals surface area contributed by atoms with Crippen LogP contribution in [0.5, 0.6) is 0 Å². The van der Waals surface area contributed by atoms with E-state index in [0.717, 1.165) is 0 Å². The lowest BCUT2D eigenvalue weighted by Gasteiger charge is -2.24. The summed E-state index contributed by atoms with van der Waals surface area (Å²) in [6, 6.07) is 4.95. The van der Waals surface area contributed by atoms with Crippen LogP contribution in [0.1, 0.15) is 32.3 Å². The molecule has 0 aromatic heterocycles. The van der Waals surface area contributed by atoms with E-state index in [2.05, 4.69) is 0 Å². The second-order valence-corrected chi connectivity index (χ2v) is 7.45. The summed E-state index contributed by atoms with van der Waals surface area (Å²) in [4.78, 5) is 25.2.